The Kier molecular flexibility index (Phi) is 2.93. The molecule has 2 aliphatic rings. The summed E-state index contributed by atoms with van der Waals surface area (Å²) in [5, 5.41) is 9.66. The molecule has 1 aromatic rings. The van der Waals surface area contributed by atoms with Gasteiger partial charge < -0.3 is 0 Å². The molecular weight excluding hydrogens is 230 g/mol. The number of hydrogen-bond donors (Lipinski definition) is 0. The van der Waals surface area contributed by atoms with Gasteiger partial charge in [0.25, 0.3) is 0 Å². The highest BCUT2D eigenvalue weighted by atomic mass is 14.6. The van der Waals surface area contributed by atoms with Crippen molar-refractivity contribution in [2.75, 3.05) is 0 Å². The molecule has 0 heterocycles. The lowest BCUT2D eigenvalue weighted by molar-refractivity contribution is 0.0648. The summed E-state index contributed by atoms with van der Waals surface area (Å²) < 4.78 is 0. The molecule has 0 aliphatic heterocycles. The van der Waals surface area contributed by atoms with E-state index < -0.39 is 0 Å². The highest BCUT2D eigenvalue weighted by Gasteiger charge is 2.56. The van der Waals surface area contributed by atoms with Crippen LogP contribution in [0.1, 0.15) is 69.4 Å². The normalized spacial score (nSPS) is 23.3. The molecule has 2 fully saturated rings. The fourth-order valence-electron chi connectivity index (χ4n) is 4.24. The molecule has 2 saturated carbocycles. The van der Waals surface area contributed by atoms with Gasteiger partial charge in [0, 0.05) is 0 Å². The van der Waals surface area contributed by atoms with Gasteiger partial charge in [-0.25, -0.2) is 0 Å². The van der Waals surface area contributed by atoms with Crippen LogP contribution in [0.5, 0.6) is 0 Å². The largest absolute Gasteiger partial charge is 0.197 e. The van der Waals surface area contributed by atoms with Gasteiger partial charge in [-0.05, 0) is 48.1 Å². The zero-order chi connectivity index (χ0) is 13.5. The summed E-state index contributed by atoms with van der Waals surface area (Å²) in [6.45, 7) is 4.43. The molecule has 0 amide bonds. The van der Waals surface area contributed by atoms with E-state index in [0.717, 1.165) is 12.8 Å². The minimum atomic E-state index is -0.181. The standard InChI is InChI=1S/C18H23N/c1-14(2)15-5-7-16(8-6-15)18(13-19)11-17(12-18)9-3-4-10-17/h5-8,14H,3-4,9-12H2,1-2H3. The van der Waals surface area contributed by atoms with Crippen LogP contribution >= 0.6 is 0 Å². The predicted octanol–water partition coefficient (Wildman–Crippen LogP) is 4.93. The SMILES string of the molecule is CC(C)c1ccc(C2(C#N)CC3(CCCC3)C2)cc1. The molecule has 100 valence electrons. The second-order valence-electron chi connectivity index (χ2n) is 7.03. The van der Waals surface area contributed by atoms with E-state index in [0.29, 0.717) is 11.3 Å². The number of nitrogens with zero attached hydrogens (tertiary/aromatic N) is 1. The lowest BCUT2D eigenvalue weighted by Gasteiger charge is -2.51. The summed E-state index contributed by atoms with van der Waals surface area (Å²) in [6, 6.07) is 11.4. The Bertz CT molecular complexity index is 489. The van der Waals surface area contributed by atoms with Crippen LogP contribution in [0.25, 0.3) is 0 Å². The zero-order valence-corrected chi connectivity index (χ0v) is 12.1. The summed E-state index contributed by atoms with van der Waals surface area (Å²) in [5.74, 6) is 0.564. The smallest absolute Gasteiger partial charge is 0.0833 e. The maximum atomic E-state index is 9.66. The van der Waals surface area contributed by atoms with Crippen molar-refractivity contribution >= 4 is 0 Å². The maximum absolute atomic E-state index is 9.66. The first-order valence-electron chi connectivity index (χ1n) is 7.61. The van der Waals surface area contributed by atoms with E-state index in [1.54, 1.807) is 0 Å². The van der Waals surface area contributed by atoms with E-state index in [9.17, 15) is 5.26 Å². The Balaban J connectivity index is 1.82. The van der Waals surface area contributed by atoms with E-state index in [2.05, 4.69) is 44.2 Å². The van der Waals surface area contributed by atoms with E-state index in [-0.39, 0.29) is 5.41 Å². The van der Waals surface area contributed by atoms with Crippen LogP contribution < -0.4 is 0 Å². The lowest BCUT2D eigenvalue weighted by atomic mass is 9.50. The highest BCUT2D eigenvalue weighted by molar-refractivity contribution is 5.40. The van der Waals surface area contributed by atoms with Crippen LogP contribution in [-0.4, -0.2) is 0 Å². The van der Waals surface area contributed by atoms with Crippen LogP contribution in [0.2, 0.25) is 0 Å². The molecule has 0 bridgehead atoms. The molecule has 3 rings (SSSR count). The van der Waals surface area contributed by atoms with Gasteiger partial charge in [-0.1, -0.05) is 51.0 Å². The molecule has 1 spiro atoms. The van der Waals surface area contributed by atoms with Crippen molar-refractivity contribution in [1.82, 2.24) is 0 Å². The molecule has 0 unspecified atom stereocenters. The van der Waals surface area contributed by atoms with Gasteiger partial charge in [-0.15, -0.1) is 0 Å². The highest BCUT2D eigenvalue weighted by Crippen LogP contribution is 2.62. The summed E-state index contributed by atoms with van der Waals surface area (Å²) in [5.41, 5.74) is 2.95. The first-order chi connectivity index (χ1) is 9.09. The van der Waals surface area contributed by atoms with Gasteiger partial charge in [-0.2, -0.15) is 5.26 Å². The fraction of sp³-hybridized carbons (Fsp3) is 0.611. The topological polar surface area (TPSA) is 23.8 Å². The van der Waals surface area contributed by atoms with Crippen molar-refractivity contribution < 1.29 is 0 Å². The summed E-state index contributed by atoms with van der Waals surface area (Å²) >= 11 is 0. The predicted molar refractivity (Wildman–Crippen MR) is 78.0 cm³/mol. The van der Waals surface area contributed by atoms with Gasteiger partial charge >= 0.3 is 0 Å². The molecule has 0 radical (unpaired) electrons. The number of rotatable bonds is 2. The molecule has 2 aliphatic carbocycles. The van der Waals surface area contributed by atoms with Gasteiger partial charge in [-0.3, -0.25) is 0 Å². The van der Waals surface area contributed by atoms with Crippen LogP contribution in [-0.2, 0) is 5.41 Å². The molecule has 1 heteroatoms. The summed E-state index contributed by atoms with van der Waals surface area (Å²) in [6.07, 6.45) is 7.62. The van der Waals surface area contributed by atoms with E-state index in [4.69, 9.17) is 0 Å². The monoisotopic (exact) mass is 253 g/mol. The van der Waals surface area contributed by atoms with Crippen molar-refractivity contribution in [2.24, 2.45) is 5.41 Å². The maximum Gasteiger partial charge on any atom is 0.0833 e. The van der Waals surface area contributed by atoms with Gasteiger partial charge in [0.2, 0.25) is 0 Å². The van der Waals surface area contributed by atoms with Gasteiger partial charge in [0.05, 0.1) is 11.5 Å². The van der Waals surface area contributed by atoms with Crippen molar-refractivity contribution in [1.29, 1.82) is 5.26 Å². The molecule has 1 aromatic carbocycles. The summed E-state index contributed by atoms with van der Waals surface area (Å²) in [7, 11) is 0. The fourth-order valence-corrected chi connectivity index (χ4v) is 4.24. The first kappa shape index (κ1) is 12.7. The molecule has 0 atom stereocenters. The van der Waals surface area contributed by atoms with Gasteiger partial charge in [0.1, 0.15) is 0 Å². The lowest BCUT2D eigenvalue weighted by Crippen LogP contribution is -2.47. The molecule has 1 nitrogen and oxygen atoms in total. The Morgan fingerprint density at radius 2 is 1.63 bits per heavy atom. The van der Waals surface area contributed by atoms with E-state index in [1.807, 2.05) is 0 Å². The Morgan fingerprint density at radius 1 is 1.05 bits per heavy atom. The van der Waals surface area contributed by atoms with Crippen LogP contribution in [0, 0.1) is 16.7 Å². The first-order valence-corrected chi connectivity index (χ1v) is 7.61. The minimum absolute atomic E-state index is 0.181. The number of nitriles is 1. The van der Waals surface area contributed by atoms with E-state index in [1.165, 1.54) is 36.8 Å². The number of benzene rings is 1. The van der Waals surface area contributed by atoms with Crippen molar-refractivity contribution in [2.45, 2.75) is 63.7 Å². The van der Waals surface area contributed by atoms with Crippen molar-refractivity contribution in [3.05, 3.63) is 35.4 Å². The third-order valence-corrected chi connectivity index (χ3v) is 5.36. The Hall–Kier alpha value is -1.29. The van der Waals surface area contributed by atoms with Crippen LogP contribution in [0.15, 0.2) is 24.3 Å². The summed E-state index contributed by atoms with van der Waals surface area (Å²) in [4.78, 5) is 0. The third kappa shape index (κ3) is 1.98. The third-order valence-electron chi connectivity index (χ3n) is 5.36. The van der Waals surface area contributed by atoms with E-state index >= 15 is 0 Å². The van der Waals surface area contributed by atoms with Crippen molar-refractivity contribution in [3.63, 3.8) is 0 Å². The molecule has 0 N–H and O–H groups in total. The Labute approximate surface area is 116 Å². The Morgan fingerprint density at radius 3 is 2.11 bits per heavy atom. The molecule has 0 saturated heterocycles. The average Bonchev–Trinajstić information content (AvgIpc) is 2.85. The minimum Gasteiger partial charge on any atom is -0.197 e. The molecular formula is C18H23N. The second-order valence-corrected chi connectivity index (χ2v) is 7.03. The quantitative estimate of drug-likeness (QED) is 0.733. The van der Waals surface area contributed by atoms with Gasteiger partial charge in [0.15, 0.2) is 0 Å². The van der Waals surface area contributed by atoms with Crippen LogP contribution in [0.4, 0.5) is 0 Å². The second kappa shape index (κ2) is 4.37. The van der Waals surface area contributed by atoms with Crippen LogP contribution in [0.3, 0.4) is 0 Å². The number of hydrogen-bond acceptors (Lipinski definition) is 1. The molecule has 19 heavy (non-hydrogen) atoms. The zero-order valence-electron chi connectivity index (χ0n) is 12.1. The average molecular weight is 253 g/mol. The molecule has 0 aromatic heterocycles. The van der Waals surface area contributed by atoms with Crippen molar-refractivity contribution in [3.8, 4) is 6.07 Å².